The molecular formula is C39H23N3O2. The number of fused-ring (bicyclic) bond motifs is 6. The van der Waals surface area contributed by atoms with Gasteiger partial charge in [-0.15, -0.1) is 0 Å². The van der Waals surface area contributed by atoms with Crippen molar-refractivity contribution in [2.24, 2.45) is 0 Å². The zero-order valence-corrected chi connectivity index (χ0v) is 23.4. The molecule has 5 heteroatoms. The molecule has 3 aromatic heterocycles. The second-order valence-corrected chi connectivity index (χ2v) is 10.8. The highest BCUT2D eigenvalue weighted by atomic mass is 16.3. The highest BCUT2D eigenvalue weighted by molar-refractivity contribution is 6.18. The molecule has 0 aliphatic carbocycles. The molecule has 0 saturated carbocycles. The topological polar surface area (TPSA) is 65.0 Å². The summed E-state index contributed by atoms with van der Waals surface area (Å²) < 4.78 is 12.6. The number of para-hydroxylation sites is 1. The summed E-state index contributed by atoms with van der Waals surface area (Å²) in [6.07, 6.45) is 0. The van der Waals surface area contributed by atoms with Crippen LogP contribution < -0.4 is 0 Å². The summed E-state index contributed by atoms with van der Waals surface area (Å²) in [6.45, 7) is 0. The van der Waals surface area contributed by atoms with Crippen molar-refractivity contribution in [3.05, 3.63) is 140 Å². The summed E-state index contributed by atoms with van der Waals surface area (Å²) in [5.74, 6) is 1.92. The number of nitrogens with zero attached hydrogens (tertiary/aromatic N) is 3. The van der Waals surface area contributed by atoms with Crippen LogP contribution in [0.5, 0.6) is 0 Å². The Morgan fingerprint density at radius 3 is 1.52 bits per heavy atom. The quantitative estimate of drug-likeness (QED) is 0.212. The molecule has 6 aromatic carbocycles. The third kappa shape index (κ3) is 3.98. The number of hydrogen-bond donors (Lipinski definition) is 0. The van der Waals surface area contributed by atoms with Gasteiger partial charge < -0.3 is 8.83 Å². The number of rotatable bonds is 4. The van der Waals surface area contributed by atoms with Crippen LogP contribution in [0.25, 0.3) is 89.2 Å². The van der Waals surface area contributed by atoms with Gasteiger partial charge in [-0.05, 0) is 35.4 Å². The summed E-state index contributed by atoms with van der Waals surface area (Å²) in [7, 11) is 0. The van der Waals surface area contributed by atoms with Crippen molar-refractivity contribution in [2.45, 2.75) is 0 Å². The highest BCUT2D eigenvalue weighted by Gasteiger charge is 2.17. The van der Waals surface area contributed by atoms with Gasteiger partial charge in [-0.2, -0.15) is 0 Å². The van der Waals surface area contributed by atoms with Crippen molar-refractivity contribution in [1.82, 2.24) is 15.0 Å². The van der Waals surface area contributed by atoms with E-state index in [1.54, 1.807) is 0 Å². The zero-order valence-electron chi connectivity index (χ0n) is 23.4. The van der Waals surface area contributed by atoms with Crippen LogP contribution in [0.4, 0.5) is 0 Å². The van der Waals surface area contributed by atoms with E-state index in [1.807, 2.05) is 91.0 Å². The average molecular weight is 566 g/mol. The van der Waals surface area contributed by atoms with Crippen LogP contribution in [0.2, 0.25) is 0 Å². The highest BCUT2D eigenvalue weighted by Crippen LogP contribution is 2.40. The lowest BCUT2D eigenvalue weighted by Crippen LogP contribution is -2.00. The molecule has 0 spiro atoms. The molecule has 0 fully saturated rings. The Hall–Kier alpha value is -6.07. The van der Waals surface area contributed by atoms with Gasteiger partial charge in [0.15, 0.2) is 17.5 Å². The average Bonchev–Trinajstić information content (AvgIpc) is 3.65. The molecule has 0 N–H and O–H groups in total. The van der Waals surface area contributed by atoms with Crippen LogP contribution in [-0.4, -0.2) is 15.0 Å². The molecule has 0 aliphatic rings. The van der Waals surface area contributed by atoms with Gasteiger partial charge in [-0.3, -0.25) is 0 Å². The Kier molecular flexibility index (Phi) is 5.43. The van der Waals surface area contributed by atoms with E-state index < -0.39 is 0 Å². The lowest BCUT2D eigenvalue weighted by molar-refractivity contribution is 0.664. The molecule has 0 radical (unpaired) electrons. The van der Waals surface area contributed by atoms with Gasteiger partial charge in [0.05, 0.1) is 0 Å². The third-order valence-corrected chi connectivity index (χ3v) is 8.15. The molecule has 0 aliphatic heterocycles. The first-order valence-electron chi connectivity index (χ1n) is 14.5. The van der Waals surface area contributed by atoms with E-state index in [9.17, 15) is 0 Å². The predicted molar refractivity (Wildman–Crippen MR) is 176 cm³/mol. The van der Waals surface area contributed by atoms with Crippen molar-refractivity contribution in [3.8, 4) is 45.3 Å². The summed E-state index contributed by atoms with van der Waals surface area (Å²) in [5.41, 5.74) is 8.39. The first-order valence-corrected chi connectivity index (χ1v) is 14.5. The zero-order chi connectivity index (χ0) is 29.0. The molecule has 0 saturated heterocycles. The maximum atomic E-state index is 6.38. The molecule has 3 heterocycles. The van der Waals surface area contributed by atoms with E-state index in [0.717, 1.165) is 71.7 Å². The van der Waals surface area contributed by atoms with Gasteiger partial charge in [0.25, 0.3) is 0 Å². The molecule has 0 unspecified atom stereocenters. The van der Waals surface area contributed by atoms with E-state index in [4.69, 9.17) is 23.8 Å². The van der Waals surface area contributed by atoms with Crippen molar-refractivity contribution in [3.63, 3.8) is 0 Å². The Labute approximate surface area is 252 Å². The van der Waals surface area contributed by atoms with Crippen molar-refractivity contribution in [2.75, 3.05) is 0 Å². The summed E-state index contributed by atoms with van der Waals surface area (Å²) in [4.78, 5) is 14.6. The minimum Gasteiger partial charge on any atom is -0.456 e. The maximum absolute atomic E-state index is 6.38. The van der Waals surface area contributed by atoms with Crippen LogP contribution in [0.3, 0.4) is 0 Å². The normalized spacial score (nSPS) is 11.6. The van der Waals surface area contributed by atoms with Gasteiger partial charge in [0, 0.05) is 38.2 Å². The van der Waals surface area contributed by atoms with Gasteiger partial charge in [0.1, 0.15) is 22.3 Å². The monoisotopic (exact) mass is 565 g/mol. The maximum Gasteiger partial charge on any atom is 0.164 e. The SMILES string of the molecule is c1ccc(-c2nc(-c3ccccc3)nc(-c3ccc(-c4cccc5oc6cc7c(cc6c45)oc4ccccc47)cc3)n2)cc1. The summed E-state index contributed by atoms with van der Waals surface area (Å²) in [6, 6.07) is 47.0. The van der Waals surface area contributed by atoms with Crippen molar-refractivity contribution < 1.29 is 8.83 Å². The van der Waals surface area contributed by atoms with E-state index in [0.29, 0.717) is 17.5 Å². The Balaban J connectivity index is 1.17. The predicted octanol–water partition coefficient (Wildman–Crippen LogP) is 10.3. The Morgan fingerprint density at radius 1 is 0.341 bits per heavy atom. The molecule has 9 aromatic rings. The van der Waals surface area contributed by atoms with E-state index >= 15 is 0 Å². The lowest BCUT2D eigenvalue weighted by atomic mass is 9.98. The molecule has 0 bridgehead atoms. The molecule has 206 valence electrons. The van der Waals surface area contributed by atoms with Crippen LogP contribution in [0.1, 0.15) is 0 Å². The molecule has 9 rings (SSSR count). The Morgan fingerprint density at radius 2 is 0.841 bits per heavy atom. The molecular weight excluding hydrogens is 542 g/mol. The fourth-order valence-electron chi connectivity index (χ4n) is 6.02. The number of furan rings is 2. The second kappa shape index (κ2) is 9.75. The van der Waals surface area contributed by atoms with Crippen LogP contribution in [0, 0.1) is 0 Å². The van der Waals surface area contributed by atoms with Crippen molar-refractivity contribution >= 4 is 43.9 Å². The smallest absolute Gasteiger partial charge is 0.164 e. The second-order valence-electron chi connectivity index (χ2n) is 10.8. The van der Waals surface area contributed by atoms with Gasteiger partial charge >= 0.3 is 0 Å². The fourth-order valence-corrected chi connectivity index (χ4v) is 6.02. The largest absolute Gasteiger partial charge is 0.456 e. The molecule has 0 atom stereocenters. The fraction of sp³-hybridized carbons (Fsp3) is 0. The first-order chi connectivity index (χ1) is 21.8. The van der Waals surface area contributed by atoms with Crippen LogP contribution >= 0.6 is 0 Å². The number of hydrogen-bond acceptors (Lipinski definition) is 5. The minimum atomic E-state index is 0.628. The van der Waals surface area contributed by atoms with Gasteiger partial charge in [-0.1, -0.05) is 115 Å². The third-order valence-electron chi connectivity index (χ3n) is 8.15. The van der Waals surface area contributed by atoms with E-state index in [1.165, 1.54) is 0 Å². The van der Waals surface area contributed by atoms with E-state index in [2.05, 4.69) is 48.5 Å². The summed E-state index contributed by atoms with van der Waals surface area (Å²) in [5, 5.41) is 4.24. The summed E-state index contributed by atoms with van der Waals surface area (Å²) >= 11 is 0. The Bertz CT molecular complexity index is 2420. The standard InChI is InChI=1S/C39H23N3O2/c1-3-10-25(11-4-1)37-40-38(26-12-5-2-6-13-26)42-39(41-37)27-20-18-24(19-21-27)28-15-9-17-33-36(28)31-23-34-30(22-35(31)44-33)29-14-7-8-16-32(29)43-34/h1-23H. The van der Waals surface area contributed by atoms with Crippen molar-refractivity contribution in [1.29, 1.82) is 0 Å². The molecule has 0 amide bonds. The number of benzene rings is 6. The number of aromatic nitrogens is 3. The molecule has 5 nitrogen and oxygen atoms in total. The first kappa shape index (κ1) is 24.5. The van der Waals surface area contributed by atoms with Crippen LogP contribution in [-0.2, 0) is 0 Å². The molecule has 44 heavy (non-hydrogen) atoms. The van der Waals surface area contributed by atoms with E-state index in [-0.39, 0.29) is 0 Å². The lowest BCUT2D eigenvalue weighted by Gasteiger charge is -2.09. The van der Waals surface area contributed by atoms with Gasteiger partial charge in [0.2, 0.25) is 0 Å². The minimum absolute atomic E-state index is 0.628. The van der Waals surface area contributed by atoms with Gasteiger partial charge in [-0.25, -0.2) is 15.0 Å². The van der Waals surface area contributed by atoms with Crippen LogP contribution in [0.15, 0.2) is 148 Å².